The Morgan fingerprint density at radius 2 is 1.83 bits per heavy atom. The summed E-state index contributed by atoms with van der Waals surface area (Å²) in [6.07, 6.45) is 1.83. The summed E-state index contributed by atoms with van der Waals surface area (Å²) in [5.41, 5.74) is -0.131. The van der Waals surface area contributed by atoms with Crippen molar-refractivity contribution in [1.82, 2.24) is 9.36 Å². The normalized spacial score (nSPS) is 11.2. The van der Waals surface area contributed by atoms with Gasteiger partial charge in [0.25, 0.3) is 0 Å². The first kappa shape index (κ1) is 12.6. The van der Waals surface area contributed by atoms with E-state index in [4.69, 9.17) is 5.11 Å². The summed E-state index contributed by atoms with van der Waals surface area (Å²) in [5, 5.41) is 36.4. The van der Waals surface area contributed by atoms with Gasteiger partial charge in [-0.2, -0.15) is 9.36 Å². The van der Waals surface area contributed by atoms with Gasteiger partial charge in [-0.1, -0.05) is 11.8 Å². The van der Waals surface area contributed by atoms with Crippen molar-refractivity contribution in [3.05, 3.63) is 12.1 Å². The standard InChI is InChI=1S/C9H8N4O3S2/c1-17-9-10-8(18-13-9)12-11-7-5(15)2-4(14)3-6(7)16/h2-3,14-16H,1H3. The van der Waals surface area contributed by atoms with Gasteiger partial charge < -0.3 is 15.3 Å². The van der Waals surface area contributed by atoms with Gasteiger partial charge in [0.2, 0.25) is 10.3 Å². The van der Waals surface area contributed by atoms with Crippen LogP contribution in [0.25, 0.3) is 0 Å². The molecule has 0 saturated carbocycles. The van der Waals surface area contributed by atoms with E-state index in [2.05, 4.69) is 19.6 Å². The molecule has 0 saturated heterocycles. The molecule has 1 aromatic carbocycles. The Balaban J connectivity index is 2.28. The largest absolute Gasteiger partial charge is 0.508 e. The molecule has 9 heteroatoms. The zero-order chi connectivity index (χ0) is 13.1. The summed E-state index contributed by atoms with van der Waals surface area (Å²) < 4.78 is 3.98. The predicted octanol–water partition coefficient (Wildman–Crippen LogP) is 2.79. The molecule has 0 aliphatic rings. The zero-order valence-electron chi connectivity index (χ0n) is 9.10. The maximum Gasteiger partial charge on any atom is 0.250 e. The van der Waals surface area contributed by atoms with E-state index in [9.17, 15) is 10.2 Å². The number of thioether (sulfide) groups is 1. The first-order valence-corrected chi connectivity index (χ1v) is 6.64. The van der Waals surface area contributed by atoms with E-state index in [1.54, 1.807) is 0 Å². The van der Waals surface area contributed by atoms with Crippen LogP contribution in [0.4, 0.5) is 10.8 Å². The van der Waals surface area contributed by atoms with Crippen LogP contribution in [0.1, 0.15) is 0 Å². The van der Waals surface area contributed by atoms with Gasteiger partial charge in [-0.3, -0.25) is 0 Å². The van der Waals surface area contributed by atoms with Gasteiger partial charge in [-0.05, 0) is 6.26 Å². The van der Waals surface area contributed by atoms with Gasteiger partial charge in [0.05, 0.1) is 0 Å². The number of phenols is 3. The lowest BCUT2D eigenvalue weighted by molar-refractivity contribution is 0.429. The minimum atomic E-state index is -0.370. The van der Waals surface area contributed by atoms with E-state index in [1.807, 2.05) is 6.26 Å². The Bertz CT molecular complexity index is 576. The number of rotatable bonds is 3. The van der Waals surface area contributed by atoms with Crippen LogP contribution in [0.2, 0.25) is 0 Å². The molecule has 18 heavy (non-hydrogen) atoms. The summed E-state index contributed by atoms with van der Waals surface area (Å²) in [7, 11) is 0. The third kappa shape index (κ3) is 2.68. The van der Waals surface area contributed by atoms with Crippen molar-refractivity contribution in [1.29, 1.82) is 0 Å². The molecular weight excluding hydrogens is 276 g/mol. The highest BCUT2D eigenvalue weighted by molar-refractivity contribution is 7.98. The van der Waals surface area contributed by atoms with E-state index in [-0.39, 0.29) is 22.9 Å². The fourth-order valence-corrected chi connectivity index (χ4v) is 2.16. The average Bonchev–Trinajstić information content (AvgIpc) is 2.75. The molecule has 3 N–H and O–H groups in total. The average molecular weight is 284 g/mol. The highest BCUT2D eigenvalue weighted by atomic mass is 32.2. The van der Waals surface area contributed by atoms with Gasteiger partial charge >= 0.3 is 0 Å². The maximum absolute atomic E-state index is 9.49. The van der Waals surface area contributed by atoms with Crippen molar-refractivity contribution in [2.45, 2.75) is 5.16 Å². The van der Waals surface area contributed by atoms with Crippen LogP contribution in [-0.2, 0) is 0 Å². The Morgan fingerprint density at radius 1 is 1.17 bits per heavy atom. The number of benzene rings is 1. The zero-order valence-corrected chi connectivity index (χ0v) is 10.7. The molecule has 2 aromatic rings. The number of aromatic nitrogens is 2. The molecule has 1 heterocycles. The van der Waals surface area contributed by atoms with Crippen molar-refractivity contribution in [3.63, 3.8) is 0 Å². The first-order chi connectivity index (χ1) is 8.60. The summed E-state index contributed by atoms with van der Waals surface area (Å²) >= 11 is 2.43. The second-order valence-corrected chi connectivity index (χ2v) is 4.60. The SMILES string of the molecule is CSc1nsc(N=Nc2c(O)cc(O)cc2O)n1. The molecule has 0 unspecified atom stereocenters. The molecule has 0 bridgehead atoms. The molecule has 94 valence electrons. The maximum atomic E-state index is 9.49. The van der Waals surface area contributed by atoms with Crippen LogP contribution < -0.4 is 0 Å². The lowest BCUT2D eigenvalue weighted by Crippen LogP contribution is -1.72. The molecular formula is C9H8N4O3S2. The van der Waals surface area contributed by atoms with Crippen molar-refractivity contribution >= 4 is 34.1 Å². The molecule has 0 fully saturated rings. The smallest absolute Gasteiger partial charge is 0.250 e. The van der Waals surface area contributed by atoms with Crippen LogP contribution in [-0.4, -0.2) is 30.9 Å². The molecule has 0 aliphatic carbocycles. The molecule has 1 aromatic heterocycles. The van der Waals surface area contributed by atoms with Crippen molar-refractivity contribution in [2.75, 3.05) is 6.26 Å². The van der Waals surface area contributed by atoms with E-state index in [0.29, 0.717) is 10.3 Å². The number of phenolic OH excluding ortho intramolecular Hbond substituents is 3. The van der Waals surface area contributed by atoms with E-state index in [0.717, 1.165) is 23.7 Å². The molecule has 0 spiro atoms. The summed E-state index contributed by atoms with van der Waals surface area (Å²) in [5.74, 6) is -0.999. The Labute approximate surface area is 110 Å². The summed E-state index contributed by atoms with van der Waals surface area (Å²) in [4.78, 5) is 4.02. The fraction of sp³-hybridized carbons (Fsp3) is 0.111. The number of hydrogen-bond acceptors (Lipinski definition) is 9. The second-order valence-electron chi connectivity index (χ2n) is 3.10. The lowest BCUT2D eigenvalue weighted by atomic mass is 10.2. The molecule has 0 atom stereocenters. The Hall–Kier alpha value is -1.87. The van der Waals surface area contributed by atoms with Gasteiger partial charge in [-0.25, -0.2) is 0 Å². The van der Waals surface area contributed by atoms with Gasteiger partial charge in [0, 0.05) is 23.7 Å². The molecule has 0 aliphatic heterocycles. The number of aromatic hydroxyl groups is 3. The van der Waals surface area contributed by atoms with Crippen LogP contribution in [0.3, 0.4) is 0 Å². The Morgan fingerprint density at radius 3 is 2.39 bits per heavy atom. The topological polar surface area (TPSA) is 111 Å². The van der Waals surface area contributed by atoms with Crippen molar-refractivity contribution < 1.29 is 15.3 Å². The van der Waals surface area contributed by atoms with Crippen molar-refractivity contribution in [2.24, 2.45) is 10.2 Å². The van der Waals surface area contributed by atoms with Crippen molar-refractivity contribution in [3.8, 4) is 17.2 Å². The molecule has 0 amide bonds. The number of nitrogens with zero attached hydrogens (tertiary/aromatic N) is 4. The third-order valence-corrected chi connectivity index (χ3v) is 3.13. The third-order valence-electron chi connectivity index (χ3n) is 1.87. The first-order valence-electron chi connectivity index (χ1n) is 4.64. The van der Waals surface area contributed by atoms with Gasteiger partial charge in [-0.15, -0.1) is 10.2 Å². The fourth-order valence-electron chi connectivity index (χ4n) is 1.11. The van der Waals surface area contributed by atoms with E-state index in [1.165, 1.54) is 11.8 Å². The number of hydrogen-bond donors (Lipinski definition) is 3. The van der Waals surface area contributed by atoms with Gasteiger partial charge in [0.1, 0.15) is 5.75 Å². The number of azo groups is 1. The van der Waals surface area contributed by atoms with Crippen LogP contribution in [0.15, 0.2) is 27.5 Å². The predicted molar refractivity (Wildman–Crippen MR) is 67.3 cm³/mol. The summed E-state index contributed by atoms with van der Waals surface area (Å²) in [6, 6.07) is 2.11. The monoisotopic (exact) mass is 284 g/mol. The highest BCUT2D eigenvalue weighted by Gasteiger charge is 2.09. The summed E-state index contributed by atoms with van der Waals surface area (Å²) in [6.45, 7) is 0. The van der Waals surface area contributed by atoms with E-state index >= 15 is 0 Å². The molecule has 2 rings (SSSR count). The molecule has 0 radical (unpaired) electrons. The minimum Gasteiger partial charge on any atom is -0.508 e. The van der Waals surface area contributed by atoms with Gasteiger partial charge in [0.15, 0.2) is 17.2 Å². The molecule has 7 nitrogen and oxygen atoms in total. The van der Waals surface area contributed by atoms with Crippen LogP contribution in [0, 0.1) is 0 Å². The lowest BCUT2D eigenvalue weighted by Gasteiger charge is -2.01. The second kappa shape index (κ2) is 5.19. The van der Waals surface area contributed by atoms with E-state index < -0.39 is 0 Å². The highest BCUT2D eigenvalue weighted by Crippen LogP contribution is 2.40. The minimum absolute atomic E-state index is 0.131. The van der Waals surface area contributed by atoms with Crippen LogP contribution in [0.5, 0.6) is 17.2 Å². The quantitative estimate of drug-likeness (QED) is 0.590. The van der Waals surface area contributed by atoms with Crippen LogP contribution >= 0.6 is 23.3 Å². The Kier molecular flexibility index (Phi) is 3.63.